The highest BCUT2D eigenvalue weighted by Crippen LogP contribution is 2.26. The molecule has 0 unspecified atom stereocenters. The Labute approximate surface area is 158 Å². The monoisotopic (exact) mass is 369 g/mol. The fraction of sp³-hybridized carbons (Fsp3) is 0.200. The molecule has 0 aromatic heterocycles. The minimum absolute atomic E-state index is 0.0340. The summed E-state index contributed by atoms with van der Waals surface area (Å²) in [6.45, 7) is 2.47. The number of rotatable bonds is 6. The lowest BCUT2D eigenvalue weighted by Gasteiger charge is -2.15. The normalized spacial score (nSPS) is 10.5. The molecule has 0 bridgehead atoms. The van der Waals surface area contributed by atoms with Gasteiger partial charge in [0.15, 0.2) is 11.5 Å². The van der Waals surface area contributed by atoms with Crippen LogP contribution in [-0.2, 0) is 4.79 Å². The lowest BCUT2D eigenvalue weighted by molar-refractivity contribution is -0.111. The van der Waals surface area contributed by atoms with Crippen LogP contribution in [0.4, 0.5) is 16.2 Å². The van der Waals surface area contributed by atoms with Crippen molar-refractivity contribution >= 4 is 29.4 Å². The number of hydrogen-bond acceptors (Lipinski definition) is 4. The highest BCUT2D eigenvalue weighted by molar-refractivity contribution is 6.02. The van der Waals surface area contributed by atoms with Crippen molar-refractivity contribution < 1.29 is 19.4 Å². The minimum Gasteiger partial charge on any atom is -0.504 e. The number of phenols is 1. The van der Waals surface area contributed by atoms with Crippen LogP contribution in [0.3, 0.4) is 0 Å². The summed E-state index contributed by atoms with van der Waals surface area (Å²) in [5, 5.41) is 15.1. The van der Waals surface area contributed by atoms with Gasteiger partial charge < -0.3 is 25.4 Å². The second kappa shape index (κ2) is 9.28. The van der Waals surface area contributed by atoms with Crippen molar-refractivity contribution in [1.82, 2.24) is 4.90 Å². The van der Waals surface area contributed by atoms with E-state index >= 15 is 0 Å². The zero-order chi connectivity index (χ0) is 19.8. The van der Waals surface area contributed by atoms with Gasteiger partial charge in [-0.1, -0.05) is 12.1 Å². The van der Waals surface area contributed by atoms with E-state index in [0.29, 0.717) is 29.2 Å². The molecular formula is C20H23N3O4. The van der Waals surface area contributed by atoms with Crippen LogP contribution in [0.1, 0.15) is 12.5 Å². The number of nitrogens with one attached hydrogen (secondary N) is 2. The third-order valence-corrected chi connectivity index (χ3v) is 3.83. The molecule has 0 saturated heterocycles. The van der Waals surface area contributed by atoms with Gasteiger partial charge in [-0.15, -0.1) is 0 Å². The van der Waals surface area contributed by atoms with Crippen LogP contribution in [0.2, 0.25) is 0 Å². The Bertz CT molecular complexity index is 849. The van der Waals surface area contributed by atoms with Gasteiger partial charge in [0.2, 0.25) is 5.91 Å². The molecule has 2 rings (SSSR count). The first-order valence-electron chi connectivity index (χ1n) is 8.41. The fourth-order valence-electron chi connectivity index (χ4n) is 2.19. The van der Waals surface area contributed by atoms with Gasteiger partial charge in [0.25, 0.3) is 0 Å². The summed E-state index contributed by atoms with van der Waals surface area (Å²) in [5.41, 5.74) is 1.86. The lowest BCUT2D eigenvalue weighted by Crippen LogP contribution is -2.30. The number of ether oxygens (including phenoxy) is 1. The molecule has 7 nitrogen and oxygen atoms in total. The van der Waals surface area contributed by atoms with E-state index in [1.165, 1.54) is 19.3 Å². The number of amides is 3. The predicted octanol–water partition coefficient (Wildman–Crippen LogP) is 3.54. The van der Waals surface area contributed by atoms with Gasteiger partial charge in [0.05, 0.1) is 7.11 Å². The Morgan fingerprint density at radius 1 is 1.15 bits per heavy atom. The van der Waals surface area contributed by atoms with E-state index in [1.807, 2.05) is 6.92 Å². The van der Waals surface area contributed by atoms with E-state index in [2.05, 4.69) is 10.6 Å². The summed E-state index contributed by atoms with van der Waals surface area (Å²) >= 11 is 0. The third-order valence-electron chi connectivity index (χ3n) is 3.83. The summed E-state index contributed by atoms with van der Waals surface area (Å²) in [6, 6.07) is 11.5. The van der Waals surface area contributed by atoms with Gasteiger partial charge in [-0.3, -0.25) is 4.79 Å². The van der Waals surface area contributed by atoms with Crippen molar-refractivity contribution in [2.75, 3.05) is 31.3 Å². The number of hydrogen-bond donors (Lipinski definition) is 3. The molecule has 3 amide bonds. The summed E-state index contributed by atoms with van der Waals surface area (Å²) < 4.78 is 5.04. The standard InChI is InChI=1S/C20H23N3O4/c1-4-23(2)20(26)22-16-7-5-6-15(13-16)21-19(25)11-9-14-8-10-17(24)18(12-14)27-3/h5-13,24H,4H2,1-3H3,(H,21,25)(H,22,26)/b11-9+. The van der Waals surface area contributed by atoms with Gasteiger partial charge in [0, 0.05) is 31.0 Å². The minimum atomic E-state index is -0.323. The van der Waals surface area contributed by atoms with Crippen molar-refractivity contribution in [2.45, 2.75) is 6.92 Å². The average Bonchev–Trinajstić information content (AvgIpc) is 2.66. The first-order valence-corrected chi connectivity index (χ1v) is 8.41. The van der Waals surface area contributed by atoms with Gasteiger partial charge in [-0.2, -0.15) is 0 Å². The summed E-state index contributed by atoms with van der Waals surface area (Å²) in [5.74, 6) is 0.0425. The molecule has 142 valence electrons. The Morgan fingerprint density at radius 3 is 2.52 bits per heavy atom. The summed E-state index contributed by atoms with van der Waals surface area (Å²) in [4.78, 5) is 25.6. The van der Waals surface area contributed by atoms with Crippen LogP contribution >= 0.6 is 0 Å². The molecule has 0 heterocycles. The molecule has 3 N–H and O–H groups in total. The Morgan fingerprint density at radius 2 is 1.85 bits per heavy atom. The predicted molar refractivity (Wildman–Crippen MR) is 106 cm³/mol. The number of anilines is 2. The van der Waals surface area contributed by atoms with Gasteiger partial charge >= 0.3 is 6.03 Å². The Balaban J connectivity index is 2.01. The molecule has 0 saturated carbocycles. The van der Waals surface area contributed by atoms with Crippen LogP contribution in [0.5, 0.6) is 11.5 Å². The van der Waals surface area contributed by atoms with Crippen molar-refractivity contribution in [1.29, 1.82) is 0 Å². The number of carbonyl (C=O) groups is 2. The zero-order valence-electron chi connectivity index (χ0n) is 15.5. The first-order chi connectivity index (χ1) is 12.9. The topological polar surface area (TPSA) is 90.9 Å². The van der Waals surface area contributed by atoms with Gasteiger partial charge in [-0.25, -0.2) is 4.79 Å². The quantitative estimate of drug-likeness (QED) is 0.679. The number of aromatic hydroxyl groups is 1. The highest BCUT2D eigenvalue weighted by Gasteiger charge is 2.07. The SMILES string of the molecule is CCN(C)C(=O)Nc1cccc(NC(=O)/C=C/c2ccc(O)c(OC)c2)c1. The smallest absolute Gasteiger partial charge is 0.321 e. The van der Waals surface area contributed by atoms with E-state index in [1.54, 1.807) is 54.4 Å². The maximum atomic E-state index is 12.1. The van der Waals surface area contributed by atoms with Crippen LogP contribution < -0.4 is 15.4 Å². The van der Waals surface area contributed by atoms with Crippen LogP contribution in [0.15, 0.2) is 48.5 Å². The number of carbonyl (C=O) groups excluding carboxylic acids is 2. The summed E-state index contributed by atoms with van der Waals surface area (Å²) in [6.07, 6.45) is 2.99. The second-order valence-electron chi connectivity index (χ2n) is 5.78. The third kappa shape index (κ3) is 5.78. The van der Waals surface area contributed by atoms with Crippen molar-refractivity contribution in [3.8, 4) is 11.5 Å². The number of benzene rings is 2. The van der Waals surface area contributed by atoms with Crippen molar-refractivity contribution in [3.63, 3.8) is 0 Å². The van der Waals surface area contributed by atoms with Crippen LogP contribution in [-0.4, -0.2) is 42.6 Å². The van der Waals surface area contributed by atoms with Crippen molar-refractivity contribution in [2.24, 2.45) is 0 Å². The van der Waals surface area contributed by atoms with Crippen molar-refractivity contribution in [3.05, 3.63) is 54.1 Å². The number of phenolic OH excluding ortho intramolecular Hbond substituents is 1. The molecule has 0 radical (unpaired) electrons. The van der Waals surface area contributed by atoms with Gasteiger partial charge in [-0.05, 0) is 48.9 Å². The Kier molecular flexibility index (Phi) is 6.82. The second-order valence-corrected chi connectivity index (χ2v) is 5.78. The van der Waals surface area contributed by atoms with Gasteiger partial charge in [0.1, 0.15) is 0 Å². The number of urea groups is 1. The molecule has 0 spiro atoms. The lowest BCUT2D eigenvalue weighted by atomic mass is 10.2. The molecular weight excluding hydrogens is 346 g/mol. The van der Waals surface area contributed by atoms with E-state index < -0.39 is 0 Å². The molecule has 0 aliphatic rings. The zero-order valence-corrected chi connectivity index (χ0v) is 15.5. The fourth-order valence-corrected chi connectivity index (χ4v) is 2.19. The molecule has 7 heteroatoms. The molecule has 0 atom stereocenters. The Hall–Kier alpha value is -3.48. The number of nitrogens with zero attached hydrogens (tertiary/aromatic N) is 1. The van der Waals surface area contributed by atoms with Crippen LogP contribution in [0, 0.1) is 0 Å². The highest BCUT2D eigenvalue weighted by atomic mass is 16.5. The maximum absolute atomic E-state index is 12.1. The van der Waals surface area contributed by atoms with E-state index in [9.17, 15) is 14.7 Å². The largest absolute Gasteiger partial charge is 0.504 e. The van der Waals surface area contributed by atoms with E-state index in [-0.39, 0.29) is 17.7 Å². The molecule has 0 aliphatic carbocycles. The molecule has 0 aliphatic heterocycles. The average molecular weight is 369 g/mol. The number of methoxy groups -OCH3 is 1. The summed E-state index contributed by atoms with van der Waals surface area (Å²) in [7, 11) is 3.16. The van der Waals surface area contributed by atoms with E-state index in [4.69, 9.17) is 4.74 Å². The molecule has 27 heavy (non-hydrogen) atoms. The molecule has 2 aromatic carbocycles. The first kappa shape index (κ1) is 19.8. The molecule has 0 fully saturated rings. The maximum Gasteiger partial charge on any atom is 0.321 e. The van der Waals surface area contributed by atoms with Crippen LogP contribution in [0.25, 0.3) is 6.08 Å². The van der Waals surface area contributed by atoms with E-state index in [0.717, 1.165) is 0 Å². The molecule has 2 aromatic rings.